The quantitative estimate of drug-likeness (QED) is 0.828. The van der Waals surface area contributed by atoms with Crippen LogP contribution >= 0.6 is 0 Å². The second kappa shape index (κ2) is 6.94. The molecule has 6 heteroatoms. The van der Waals surface area contributed by atoms with Crippen molar-refractivity contribution in [2.24, 2.45) is 0 Å². The second-order valence-electron chi connectivity index (χ2n) is 5.02. The minimum atomic E-state index is -3.46. The third-order valence-electron chi connectivity index (χ3n) is 3.34. The molecular formula is C15H20N2O3S. The van der Waals surface area contributed by atoms with Crippen LogP contribution in [0, 0.1) is 18.8 Å². The van der Waals surface area contributed by atoms with Crippen molar-refractivity contribution < 1.29 is 13.5 Å². The lowest BCUT2D eigenvalue weighted by Gasteiger charge is -2.18. The largest absolute Gasteiger partial charge is 0.395 e. The van der Waals surface area contributed by atoms with Gasteiger partial charge in [0.05, 0.1) is 12.3 Å². The number of anilines is 1. The van der Waals surface area contributed by atoms with Crippen LogP contribution in [0.3, 0.4) is 0 Å². The molecule has 1 aromatic rings. The number of rotatable bonds is 4. The SMILES string of the molecule is Cc1cc(C#CCCO)ccc1NS(=O)(=O)N1CCCC1. The summed E-state index contributed by atoms with van der Waals surface area (Å²) in [6.45, 7) is 3.05. The molecule has 1 heterocycles. The highest BCUT2D eigenvalue weighted by Gasteiger charge is 2.25. The van der Waals surface area contributed by atoms with E-state index in [1.165, 1.54) is 4.31 Å². The summed E-state index contributed by atoms with van der Waals surface area (Å²) in [6, 6.07) is 5.34. The first kappa shape index (κ1) is 15.8. The number of hydrogen-bond donors (Lipinski definition) is 2. The highest BCUT2D eigenvalue weighted by Crippen LogP contribution is 2.20. The molecule has 0 atom stereocenters. The third-order valence-corrected chi connectivity index (χ3v) is 4.86. The van der Waals surface area contributed by atoms with Crippen LogP contribution in [-0.4, -0.2) is 37.5 Å². The van der Waals surface area contributed by atoms with Crippen molar-refractivity contribution in [3.63, 3.8) is 0 Å². The lowest BCUT2D eigenvalue weighted by molar-refractivity contribution is 0.305. The van der Waals surface area contributed by atoms with Gasteiger partial charge in [0.2, 0.25) is 0 Å². The fourth-order valence-electron chi connectivity index (χ4n) is 2.21. The molecule has 0 bridgehead atoms. The standard InChI is InChI=1S/C15H20N2O3S/c1-13-12-14(6-2-5-11-18)7-8-15(13)16-21(19,20)17-9-3-4-10-17/h7-8,12,16,18H,3-5,9-11H2,1H3. The van der Waals surface area contributed by atoms with Crippen molar-refractivity contribution in [3.05, 3.63) is 29.3 Å². The Labute approximate surface area is 126 Å². The second-order valence-corrected chi connectivity index (χ2v) is 6.69. The van der Waals surface area contributed by atoms with Gasteiger partial charge in [-0.05, 0) is 43.5 Å². The predicted molar refractivity (Wildman–Crippen MR) is 83.1 cm³/mol. The number of nitrogens with one attached hydrogen (secondary N) is 1. The van der Waals surface area contributed by atoms with Crippen LogP contribution in [0.2, 0.25) is 0 Å². The summed E-state index contributed by atoms with van der Waals surface area (Å²) in [7, 11) is -3.46. The van der Waals surface area contributed by atoms with Gasteiger partial charge in [-0.2, -0.15) is 12.7 Å². The summed E-state index contributed by atoms with van der Waals surface area (Å²) in [5.41, 5.74) is 2.22. The minimum absolute atomic E-state index is 0.0414. The van der Waals surface area contributed by atoms with Gasteiger partial charge in [0, 0.05) is 25.1 Å². The average molecular weight is 308 g/mol. The van der Waals surface area contributed by atoms with E-state index in [0.717, 1.165) is 24.0 Å². The molecule has 21 heavy (non-hydrogen) atoms. The molecule has 2 rings (SSSR count). The Kier molecular flexibility index (Phi) is 5.23. The van der Waals surface area contributed by atoms with Gasteiger partial charge in [0.15, 0.2) is 0 Å². The predicted octanol–water partition coefficient (Wildman–Crippen LogP) is 1.48. The zero-order valence-electron chi connectivity index (χ0n) is 12.1. The fourth-order valence-corrected chi connectivity index (χ4v) is 3.58. The molecule has 0 spiro atoms. The first-order chi connectivity index (χ1) is 10.0. The zero-order valence-corrected chi connectivity index (χ0v) is 12.9. The number of benzene rings is 1. The number of aliphatic hydroxyl groups excluding tert-OH is 1. The Bertz CT molecular complexity index is 653. The Morgan fingerprint density at radius 2 is 2.05 bits per heavy atom. The summed E-state index contributed by atoms with van der Waals surface area (Å²) in [4.78, 5) is 0. The maximum absolute atomic E-state index is 12.2. The molecule has 2 N–H and O–H groups in total. The number of aryl methyl sites for hydroxylation is 1. The van der Waals surface area contributed by atoms with Crippen molar-refractivity contribution in [1.82, 2.24) is 4.31 Å². The van der Waals surface area contributed by atoms with Gasteiger partial charge < -0.3 is 5.11 Å². The molecule has 1 fully saturated rings. The third kappa shape index (κ3) is 4.21. The van der Waals surface area contributed by atoms with Gasteiger partial charge in [-0.25, -0.2) is 0 Å². The number of nitrogens with zero attached hydrogens (tertiary/aromatic N) is 1. The van der Waals surface area contributed by atoms with E-state index in [9.17, 15) is 8.42 Å². The van der Waals surface area contributed by atoms with E-state index in [1.54, 1.807) is 12.1 Å². The molecule has 1 saturated heterocycles. The minimum Gasteiger partial charge on any atom is -0.395 e. The van der Waals surface area contributed by atoms with Crippen LogP contribution < -0.4 is 4.72 Å². The molecule has 0 saturated carbocycles. The summed E-state index contributed by atoms with van der Waals surface area (Å²) in [6.07, 6.45) is 2.26. The lowest BCUT2D eigenvalue weighted by atomic mass is 10.1. The molecule has 0 aromatic heterocycles. The van der Waals surface area contributed by atoms with Gasteiger partial charge in [0.1, 0.15) is 0 Å². The van der Waals surface area contributed by atoms with Crippen molar-refractivity contribution in [1.29, 1.82) is 0 Å². The molecule has 0 radical (unpaired) electrons. The molecule has 114 valence electrons. The maximum atomic E-state index is 12.2. The van der Waals surface area contributed by atoms with Crippen LogP contribution in [0.4, 0.5) is 5.69 Å². The van der Waals surface area contributed by atoms with Gasteiger partial charge in [-0.1, -0.05) is 11.8 Å². The lowest BCUT2D eigenvalue weighted by Crippen LogP contribution is -2.33. The van der Waals surface area contributed by atoms with Crippen LogP contribution in [0.1, 0.15) is 30.4 Å². The average Bonchev–Trinajstić information content (AvgIpc) is 2.97. The first-order valence-electron chi connectivity index (χ1n) is 7.01. The number of hydrogen-bond acceptors (Lipinski definition) is 3. The molecular weight excluding hydrogens is 288 g/mol. The van der Waals surface area contributed by atoms with Crippen LogP contribution in [0.15, 0.2) is 18.2 Å². The smallest absolute Gasteiger partial charge is 0.301 e. The Balaban J connectivity index is 2.13. The zero-order chi connectivity index (χ0) is 15.3. The van der Waals surface area contributed by atoms with Gasteiger partial charge in [-0.3, -0.25) is 4.72 Å². The monoisotopic (exact) mass is 308 g/mol. The van der Waals surface area contributed by atoms with Crippen LogP contribution in [0.25, 0.3) is 0 Å². The highest BCUT2D eigenvalue weighted by molar-refractivity contribution is 7.90. The Hall–Kier alpha value is -1.55. The van der Waals surface area contributed by atoms with Crippen molar-refractivity contribution in [2.75, 3.05) is 24.4 Å². The maximum Gasteiger partial charge on any atom is 0.301 e. The fraction of sp³-hybridized carbons (Fsp3) is 0.467. The highest BCUT2D eigenvalue weighted by atomic mass is 32.2. The van der Waals surface area contributed by atoms with E-state index in [4.69, 9.17) is 5.11 Å². The summed E-state index contributed by atoms with van der Waals surface area (Å²) < 4.78 is 28.5. The summed E-state index contributed by atoms with van der Waals surface area (Å²) in [5, 5.41) is 8.69. The Morgan fingerprint density at radius 3 is 2.67 bits per heavy atom. The van der Waals surface area contributed by atoms with E-state index in [-0.39, 0.29) is 6.61 Å². The first-order valence-corrected chi connectivity index (χ1v) is 8.45. The van der Waals surface area contributed by atoms with E-state index in [0.29, 0.717) is 25.2 Å². The van der Waals surface area contributed by atoms with Gasteiger partial charge in [0.25, 0.3) is 0 Å². The summed E-state index contributed by atoms with van der Waals surface area (Å²) >= 11 is 0. The molecule has 1 aliphatic rings. The van der Waals surface area contributed by atoms with Crippen molar-refractivity contribution in [3.8, 4) is 11.8 Å². The molecule has 0 amide bonds. The van der Waals surface area contributed by atoms with E-state index in [2.05, 4.69) is 16.6 Å². The Morgan fingerprint density at radius 1 is 1.33 bits per heavy atom. The van der Waals surface area contributed by atoms with Crippen LogP contribution in [0.5, 0.6) is 0 Å². The normalized spacial score (nSPS) is 15.5. The van der Waals surface area contributed by atoms with E-state index in [1.807, 2.05) is 13.0 Å². The van der Waals surface area contributed by atoms with Crippen molar-refractivity contribution >= 4 is 15.9 Å². The van der Waals surface area contributed by atoms with E-state index < -0.39 is 10.2 Å². The number of aliphatic hydroxyl groups is 1. The topological polar surface area (TPSA) is 69.6 Å². The van der Waals surface area contributed by atoms with Gasteiger partial charge in [-0.15, -0.1) is 0 Å². The molecule has 0 aliphatic carbocycles. The molecule has 1 aliphatic heterocycles. The van der Waals surface area contributed by atoms with Gasteiger partial charge >= 0.3 is 10.2 Å². The molecule has 5 nitrogen and oxygen atoms in total. The van der Waals surface area contributed by atoms with Crippen molar-refractivity contribution in [2.45, 2.75) is 26.2 Å². The van der Waals surface area contributed by atoms with Crippen LogP contribution in [-0.2, 0) is 10.2 Å². The van der Waals surface area contributed by atoms with E-state index >= 15 is 0 Å². The summed E-state index contributed by atoms with van der Waals surface area (Å²) in [5.74, 6) is 5.78. The molecule has 1 aromatic carbocycles. The molecule has 0 unspecified atom stereocenters.